The van der Waals surface area contributed by atoms with Crippen LogP contribution in [0.1, 0.15) is 10.4 Å². The number of amides is 1. The molecule has 0 radical (unpaired) electrons. The van der Waals surface area contributed by atoms with Crippen molar-refractivity contribution in [1.29, 1.82) is 0 Å². The van der Waals surface area contributed by atoms with Crippen molar-refractivity contribution in [2.45, 2.75) is 0 Å². The molecule has 92 valence electrons. The third kappa shape index (κ3) is 3.00. The lowest BCUT2D eigenvalue weighted by Gasteiger charge is -2.07. The van der Waals surface area contributed by atoms with Gasteiger partial charge < -0.3 is 11.1 Å². The number of pyridine rings is 1. The van der Waals surface area contributed by atoms with E-state index in [4.69, 9.17) is 17.3 Å². The summed E-state index contributed by atoms with van der Waals surface area (Å²) in [6.45, 7) is 0. The lowest BCUT2D eigenvalue weighted by Crippen LogP contribution is -2.13. The number of hydrogen-bond donors (Lipinski definition) is 2. The van der Waals surface area contributed by atoms with Gasteiger partial charge in [0.15, 0.2) is 0 Å². The van der Waals surface area contributed by atoms with Crippen molar-refractivity contribution in [3.05, 3.63) is 51.7 Å². The minimum absolute atomic E-state index is 0.327. The Bertz CT molecular complexity index is 604. The Morgan fingerprint density at radius 1 is 1.33 bits per heavy atom. The van der Waals surface area contributed by atoms with Gasteiger partial charge in [0.25, 0.3) is 5.91 Å². The average molecular weight is 327 g/mol. The topological polar surface area (TPSA) is 68.0 Å². The van der Waals surface area contributed by atoms with E-state index in [9.17, 15) is 4.79 Å². The minimum Gasteiger partial charge on any atom is -0.399 e. The lowest BCUT2D eigenvalue weighted by molar-refractivity contribution is 0.102. The van der Waals surface area contributed by atoms with E-state index < -0.39 is 0 Å². The first kappa shape index (κ1) is 12.9. The molecule has 2 aromatic rings. The maximum Gasteiger partial charge on any atom is 0.257 e. The number of hydrogen-bond acceptors (Lipinski definition) is 3. The number of nitrogens with one attached hydrogen (secondary N) is 1. The SMILES string of the molecule is Nc1ccc(Cl)c(C(=O)Nc2cncc(Br)c2)c1. The third-order valence-electron chi connectivity index (χ3n) is 2.20. The summed E-state index contributed by atoms with van der Waals surface area (Å²) in [5, 5.41) is 3.05. The summed E-state index contributed by atoms with van der Waals surface area (Å²) in [4.78, 5) is 16.0. The maximum atomic E-state index is 12.0. The van der Waals surface area contributed by atoms with E-state index in [1.54, 1.807) is 30.6 Å². The molecule has 0 spiro atoms. The minimum atomic E-state index is -0.327. The Balaban J connectivity index is 2.24. The van der Waals surface area contributed by atoms with Gasteiger partial charge in [0.2, 0.25) is 0 Å². The average Bonchev–Trinajstić information content (AvgIpc) is 2.32. The van der Waals surface area contributed by atoms with Gasteiger partial charge in [-0.1, -0.05) is 11.6 Å². The second kappa shape index (κ2) is 5.37. The molecule has 6 heteroatoms. The standard InChI is InChI=1S/C12H9BrClN3O/c13-7-3-9(6-16-5-7)17-12(18)10-4-8(15)1-2-11(10)14/h1-6H,15H2,(H,17,18). The monoisotopic (exact) mass is 325 g/mol. The Morgan fingerprint density at radius 3 is 2.83 bits per heavy atom. The van der Waals surface area contributed by atoms with Crippen LogP contribution in [0.5, 0.6) is 0 Å². The molecule has 0 bridgehead atoms. The largest absolute Gasteiger partial charge is 0.399 e. The highest BCUT2D eigenvalue weighted by molar-refractivity contribution is 9.10. The van der Waals surface area contributed by atoms with Crippen LogP contribution in [-0.2, 0) is 0 Å². The van der Waals surface area contributed by atoms with Gasteiger partial charge >= 0.3 is 0 Å². The van der Waals surface area contributed by atoms with Gasteiger partial charge in [0.05, 0.1) is 22.5 Å². The fraction of sp³-hybridized carbons (Fsp3) is 0. The number of halogens is 2. The summed E-state index contributed by atoms with van der Waals surface area (Å²) in [6, 6.07) is 6.50. The van der Waals surface area contributed by atoms with Crippen LogP contribution >= 0.6 is 27.5 Å². The quantitative estimate of drug-likeness (QED) is 0.832. The molecular weight excluding hydrogens is 318 g/mol. The van der Waals surface area contributed by atoms with Crippen molar-refractivity contribution in [1.82, 2.24) is 4.98 Å². The zero-order valence-electron chi connectivity index (χ0n) is 9.15. The molecule has 2 rings (SSSR count). The highest BCUT2D eigenvalue weighted by atomic mass is 79.9. The number of anilines is 2. The zero-order chi connectivity index (χ0) is 13.1. The number of carbonyl (C=O) groups excluding carboxylic acids is 1. The summed E-state index contributed by atoms with van der Waals surface area (Å²) < 4.78 is 0.777. The van der Waals surface area contributed by atoms with E-state index in [0.717, 1.165) is 4.47 Å². The van der Waals surface area contributed by atoms with E-state index >= 15 is 0 Å². The highest BCUT2D eigenvalue weighted by Gasteiger charge is 2.11. The van der Waals surface area contributed by atoms with Gasteiger partial charge in [-0.25, -0.2) is 0 Å². The Hall–Kier alpha value is -1.59. The van der Waals surface area contributed by atoms with Crippen molar-refractivity contribution >= 4 is 44.8 Å². The van der Waals surface area contributed by atoms with Crippen molar-refractivity contribution < 1.29 is 4.79 Å². The number of carbonyl (C=O) groups is 1. The molecular formula is C12H9BrClN3O. The van der Waals surface area contributed by atoms with Gasteiger partial charge in [0, 0.05) is 16.4 Å². The molecule has 0 saturated heterocycles. The van der Waals surface area contributed by atoms with E-state index in [1.165, 1.54) is 6.07 Å². The fourth-order valence-corrected chi connectivity index (χ4v) is 1.96. The molecule has 1 amide bonds. The summed E-state index contributed by atoms with van der Waals surface area (Å²) in [5.41, 5.74) is 7.01. The molecule has 0 atom stereocenters. The highest BCUT2D eigenvalue weighted by Crippen LogP contribution is 2.21. The van der Waals surface area contributed by atoms with Gasteiger partial charge in [-0.3, -0.25) is 9.78 Å². The van der Waals surface area contributed by atoms with Crippen molar-refractivity contribution in [3.63, 3.8) is 0 Å². The lowest BCUT2D eigenvalue weighted by atomic mass is 10.2. The number of nitrogens with two attached hydrogens (primary N) is 1. The van der Waals surface area contributed by atoms with Gasteiger partial charge in [-0.2, -0.15) is 0 Å². The molecule has 0 fully saturated rings. The Kier molecular flexibility index (Phi) is 3.84. The van der Waals surface area contributed by atoms with Crippen LogP contribution < -0.4 is 11.1 Å². The summed E-state index contributed by atoms with van der Waals surface area (Å²) in [7, 11) is 0. The van der Waals surface area contributed by atoms with Crippen LogP contribution in [0.25, 0.3) is 0 Å². The zero-order valence-corrected chi connectivity index (χ0v) is 11.5. The number of rotatable bonds is 2. The van der Waals surface area contributed by atoms with Crippen LogP contribution in [-0.4, -0.2) is 10.9 Å². The number of benzene rings is 1. The molecule has 0 aliphatic heterocycles. The third-order valence-corrected chi connectivity index (χ3v) is 2.96. The maximum absolute atomic E-state index is 12.0. The molecule has 1 aromatic heterocycles. The van der Waals surface area contributed by atoms with E-state index in [2.05, 4.69) is 26.2 Å². The fourth-order valence-electron chi connectivity index (χ4n) is 1.40. The molecule has 0 saturated carbocycles. The molecule has 3 N–H and O–H groups in total. The first-order chi connectivity index (χ1) is 8.56. The van der Waals surface area contributed by atoms with Gasteiger partial charge in [-0.15, -0.1) is 0 Å². The van der Waals surface area contributed by atoms with Gasteiger partial charge in [-0.05, 0) is 40.2 Å². The van der Waals surface area contributed by atoms with E-state index in [1.807, 2.05) is 0 Å². The molecule has 0 unspecified atom stereocenters. The van der Waals surface area contributed by atoms with Crippen LogP contribution in [0.3, 0.4) is 0 Å². The second-order valence-corrected chi connectivity index (χ2v) is 4.91. The van der Waals surface area contributed by atoms with Crippen molar-refractivity contribution in [2.75, 3.05) is 11.1 Å². The normalized spacial score (nSPS) is 10.1. The summed E-state index contributed by atoms with van der Waals surface area (Å²) in [5.74, 6) is -0.327. The van der Waals surface area contributed by atoms with Gasteiger partial charge in [0.1, 0.15) is 0 Å². The summed E-state index contributed by atoms with van der Waals surface area (Å²) in [6.07, 6.45) is 3.17. The predicted octanol–water partition coefficient (Wildman–Crippen LogP) is 3.33. The predicted molar refractivity (Wildman–Crippen MR) is 75.8 cm³/mol. The number of nitrogen functional groups attached to an aromatic ring is 1. The van der Waals surface area contributed by atoms with Crippen LogP contribution in [0, 0.1) is 0 Å². The van der Waals surface area contributed by atoms with Crippen LogP contribution in [0.15, 0.2) is 41.1 Å². The van der Waals surface area contributed by atoms with E-state index in [-0.39, 0.29) is 5.91 Å². The molecule has 0 aliphatic rings. The summed E-state index contributed by atoms with van der Waals surface area (Å²) >= 11 is 9.22. The Labute approximate surface area is 117 Å². The first-order valence-corrected chi connectivity index (χ1v) is 6.20. The molecule has 4 nitrogen and oxygen atoms in total. The van der Waals surface area contributed by atoms with Crippen molar-refractivity contribution in [3.8, 4) is 0 Å². The first-order valence-electron chi connectivity index (χ1n) is 5.03. The van der Waals surface area contributed by atoms with E-state index in [0.29, 0.717) is 22.0 Å². The van der Waals surface area contributed by atoms with Crippen LogP contribution in [0.4, 0.5) is 11.4 Å². The molecule has 18 heavy (non-hydrogen) atoms. The number of aromatic nitrogens is 1. The Morgan fingerprint density at radius 2 is 2.11 bits per heavy atom. The van der Waals surface area contributed by atoms with Crippen LogP contribution in [0.2, 0.25) is 5.02 Å². The van der Waals surface area contributed by atoms with Crippen molar-refractivity contribution in [2.24, 2.45) is 0 Å². The smallest absolute Gasteiger partial charge is 0.257 e. The molecule has 1 heterocycles. The number of nitrogens with zero attached hydrogens (tertiary/aromatic N) is 1. The second-order valence-electron chi connectivity index (χ2n) is 3.59. The molecule has 1 aromatic carbocycles. The molecule has 0 aliphatic carbocycles.